The summed E-state index contributed by atoms with van der Waals surface area (Å²) in [6, 6.07) is 9.95. The van der Waals surface area contributed by atoms with Gasteiger partial charge in [-0.05, 0) is 26.0 Å². The fraction of sp³-hybridized carbons (Fsp3) is 0.143. The van der Waals surface area contributed by atoms with Crippen molar-refractivity contribution >= 4 is 16.7 Å². The van der Waals surface area contributed by atoms with Crippen LogP contribution in [0.1, 0.15) is 11.6 Å². The Bertz CT molecular complexity index is 919. The average molecular weight is 264 g/mol. The summed E-state index contributed by atoms with van der Waals surface area (Å²) < 4.78 is 3.58. The van der Waals surface area contributed by atoms with Gasteiger partial charge in [-0.15, -0.1) is 5.10 Å². The molecule has 0 aliphatic rings. The fourth-order valence-corrected chi connectivity index (χ4v) is 2.38. The van der Waals surface area contributed by atoms with E-state index in [4.69, 9.17) is 0 Å². The molecule has 6 nitrogen and oxygen atoms in total. The van der Waals surface area contributed by atoms with E-state index in [0.29, 0.717) is 0 Å². The summed E-state index contributed by atoms with van der Waals surface area (Å²) >= 11 is 0. The Morgan fingerprint density at radius 3 is 2.55 bits per heavy atom. The molecule has 0 atom stereocenters. The molecule has 3 aromatic heterocycles. The van der Waals surface area contributed by atoms with Gasteiger partial charge in [-0.3, -0.25) is 0 Å². The highest BCUT2D eigenvalue weighted by molar-refractivity contribution is 5.89. The van der Waals surface area contributed by atoms with Crippen molar-refractivity contribution in [3.8, 4) is 5.69 Å². The molecule has 0 fully saturated rings. The molecule has 0 N–H and O–H groups in total. The van der Waals surface area contributed by atoms with Gasteiger partial charge in [0, 0.05) is 0 Å². The summed E-state index contributed by atoms with van der Waals surface area (Å²) in [5, 5.41) is 9.69. The molecule has 0 spiro atoms. The van der Waals surface area contributed by atoms with Gasteiger partial charge in [0.1, 0.15) is 11.6 Å². The minimum Gasteiger partial charge on any atom is -0.215 e. The van der Waals surface area contributed by atoms with E-state index < -0.39 is 0 Å². The molecule has 0 aliphatic carbocycles. The van der Waals surface area contributed by atoms with Crippen LogP contribution in [0.2, 0.25) is 0 Å². The van der Waals surface area contributed by atoms with Gasteiger partial charge in [-0.2, -0.15) is 9.61 Å². The zero-order chi connectivity index (χ0) is 13.7. The molecule has 0 saturated heterocycles. The normalized spacial score (nSPS) is 11.5. The quantitative estimate of drug-likeness (QED) is 0.528. The highest BCUT2D eigenvalue weighted by Crippen LogP contribution is 2.20. The highest BCUT2D eigenvalue weighted by Gasteiger charge is 2.14. The zero-order valence-corrected chi connectivity index (χ0v) is 11.1. The molecular weight excluding hydrogens is 252 g/mol. The number of benzene rings is 1. The second-order valence-corrected chi connectivity index (χ2v) is 4.68. The summed E-state index contributed by atoms with van der Waals surface area (Å²) in [5.74, 6) is 1.53. The standard InChI is InChI=1S/C14H12N6/c1-9-16-13-12-8-15-20(11-6-4-3-5-7-11)14(12)17-10(2)19(13)18-9/h3-8H,1-2H3. The monoisotopic (exact) mass is 264 g/mol. The van der Waals surface area contributed by atoms with Gasteiger partial charge in [0.25, 0.3) is 0 Å². The van der Waals surface area contributed by atoms with Crippen LogP contribution in [0, 0.1) is 13.8 Å². The van der Waals surface area contributed by atoms with Crippen LogP contribution in [0.25, 0.3) is 22.4 Å². The first-order valence-electron chi connectivity index (χ1n) is 6.37. The molecule has 0 amide bonds. The lowest BCUT2D eigenvalue weighted by Crippen LogP contribution is -2.02. The predicted molar refractivity (Wildman–Crippen MR) is 74.9 cm³/mol. The van der Waals surface area contributed by atoms with Gasteiger partial charge in [0.2, 0.25) is 0 Å². The van der Waals surface area contributed by atoms with E-state index in [1.54, 1.807) is 10.7 Å². The van der Waals surface area contributed by atoms with E-state index in [-0.39, 0.29) is 0 Å². The Kier molecular flexibility index (Phi) is 2.14. The third-order valence-electron chi connectivity index (χ3n) is 3.27. The van der Waals surface area contributed by atoms with Gasteiger partial charge >= 0.3 is 0 Å². The van der Waals surface area contributed by atoms with Crippen LogP contribution in [0.4, 0.5) is 0 Å². The second-order valence-electron chi connectivity index (χ2n) is 4.68. The first kappa shape index (κ1) is 11.1. The number of aryl methyl sites for hydroxylation is 2. The van der Waals surface area contributed by atoms with Crippen molar-refractivity contribution in [1.29, 1.82) is 0 Å². The third-order valence-corrected chi connectivity index (χ3v) is 3.27. The molecule has 0 saturated carbocycles. The molecule has 4 rings (SSSR count). The van der Waals surface area contributed by atoms with Gasteiger partial charge in [-0.25, -0.2) is 14.6 Å². The number of hydrogen-bond donors (Lipinski definition) is 0. The van der Waals surface area contributed by atoms with Crippen molar-refractivity contribution in [3.63, 3.8) is 0 Å². The largest absolute Gasteiger partial charge is 0.215 e. The first-order valence-corrected chi connectivity index (χ1v) is 6.37. The average Bonchev–Trinajstić information content (AvgIpc) is 3.03. The van der Waals surface area contributed by atoms with Crippen LogP contribution < -0.4 is 0 Å². The smallest absolute Gasteiger partial charge is 0.170 e. The molecule has 0 aliphatic heterocycles. The van der Waals surface area contributed by atoms with Gasteiger partial charge < -0.3 is 0 Å². The molecule has 3 heterocycles. The van der Waals surface area contributed by atoms with E-state index in [1.165, 1.54) is 0 Å². The Morgan fingerprint density at radius 1 is 0.950 bits per heavy atom. The number of rotatable bonds is 1. The van der Waals surface area contributed by atoms with Crippen molar-refractivity contribution < 1.29 is 0 Å². The molecular formula is C14H12N6. The predicted octanol–water partition coefficient (Wildman–Crippen LogP) is 2.08. The Labute approximate surface area is 114 Å². The summed E-state index contributed by atoms with van der Waals surface area (Å²) in [5.41, 5.74) is 2.58. The topological polar surface area (TPSA) is 60.9 Å². The molecule has 0 bridgehead atoms. The number of nitrogens with zero attached hydrogens (tertiary/aromatic N) is 6. The number of aromatic nitrogens is 6. The molecule has 98 valence electrons. The summed E-state index contributed by atoms with van der Waals surface area (Å²) in [6.07, 6.45) is 1.79. The second kappa shape index (κ2) is 3.86. The van der Waals surface area contributed by atoms with Crippen LogP contribution >= 0.6 is 0 Å². The van der Waals surface area contributed by atoms with E-state index in [2.05, 4.69) is 20.2 Å². The Morgan fingerprint density at radius 2 is 1.75 bits per heavy atom. The van der Waals surface area contributed by atoms with Crippen LogP contribution in [0.5, 0.6) is 0 Å². The lowest BCUT2D eigenvalue weighted by Gasteiger charge is -2.03. The third kappa shape index (κ3) is 1.45. The first-order chi connectivity index (χ1) is 9.74. The van der Waals surface area contributed by atoms with Crippen molar-refractivity contribution in [2.45, 2.75) is 13.8 Å². The lowest BCUT2D eigenvalue weighted by atomic mass is 10.3. The molecule has 0 radical (unpaired) electrons. The number of fused-ring (bicyclic) bond motifs is 3. The van der Waals surface area contributed by atoms with Gasteiger partial charge in [-0.1, -0.05) is 18.2 Å². The van der Waals surface area contributed by atoms with Gasteiger partial charge in [0.05, 0.1) is 17.3 Å². The molecule has 20 heavy (non-hydrogen) atoms. The number of hydrogen-bond acceptors (Lipinski definition) is 4. The summed E-state index contributed by atoms with van der Waals surface area (Å²) in [4.78, 5) is 9.08. The van der Waals surface area contributed by atoms with E-state index in [0.717, 1.165) is 34.0 Å². The summed E-state index contributed by atoms with van der Waals surface area (Å²) in [6.45, 7) is 3.79. The number of para-hydroxylation sites is 1. The minimum atomic E-state index is 0.731. The van der Waals surface area contributed by atoms with Crippen LogP contribution in [-0.2, 0) is 0 Å². The lowest BCUT2D eigenvalue weighted by molar-refractivity contribution is 0.841. The Hall–Kier alpha value is -2.76. The van der Waals surface area contributed by atoms with Crippen molar-refractivity contribution in [2.24, 2.45) is 0 Å². The maximum Gasteiger partial charge on any atom is 0.170 e. The van der Waals surface area contributed by atoms with Gasteiger partial charge in [0.15, 0.2) is 11.3 Å². The van der Waals surface area contributed by atoms with Crippen molar-refractivity contribution in [2.75, 3.05) is 0 Å². The van der Waals surface area contributed by atoms with E-state index in [9.17, 15) is 0 Å². The maximum absolute atomic E-state index is 4.61. The maximum atomic E-state index is 4.61. The van der Waals surface area contributed by atoms with Crippen molar-refractivity contribution in [1.82, 2.24) is 29.4 Å². The van der Waals surface area contributed by atoms with Crippen LogP contribution in [-0.4, -0.2) is 29.4 Å². The molecule has 0 unspecified atom stereocenters. The molecule has 6 heteroatoms. The summed E-state index contributed by atoms with van der Waals surface area (Å²) in [7, 11) is 0. The van der Waals surface area contributed by atoms with Crippen molar-refractivity contribution in [3.05, 3.63) is 48.2 Å². The van der Waals surface area contributed by atoms with E-state index >= 15 is 0 Å². The minimum absolute atomic E-state index is 0.731. The SMILES string of the molecule is Cc1nc2c3cnn(-c4ccccc4)c3nc(C)n2n1. The van der Waals surface area contributed by atoms with Crippen LogP contribution in [0.3, 0.4) is 0 Å². The fourth-order valence-electron chi connectivity index (χ4n) is 2.38. The van der Waals surface area contributed by atoms with E-state index in [1.807, 2.05) is 48.9 Å². The highest BCUT2D eigenvalue weighted by atomic mass is 15.4. The van der Waals surface area contributed by atoms with Crippen LogP contribution in [0.15, 0.2) is 36.5 Å². The molecule has 4 aromatic rings. The zero-order valence-electron chi connectivity index (χ0n) is 11.1. The molecule has 1 aromatic carbocycles. The Balaban J connectivity index is 2.11.